The molecule has 11 nitrogen and oxygen atoms in total. The largest absolute Gasteiger partial charge is 0.492 e. The average molecular weight is 500 g/mol. The fraction of sp³-hybridized carbons (Fsp3) is 0.440. The molecular weight excluding hydrogens is 466 g/mol. The van der Waals surface area contributed by atoms with Crippen LogP contribution >= 0.6 is 0 Å². The topological polar surface area (TPSA) is 128 Å². The summed E-state index contributed by atoms with van der Waals surface area (Å²) in [6.07, 6.45) is 3.03. The Kier molecular flexibility index (Phi) is 9.07. The van der Waals surface area contributed by atoms with Crippen molar-refractivity contribution in [3.63, 3.8) is 0 Å². The molecule has 1 amide bonds. The standard InChI is InChI=1S/C25H33N5O6/c1-25(2,3)36-24(33)26-10-14-35-19-7-5-6-18(16-19)20-17-27-30-12-8-21(28-23(20)30)29(13-15-34-4)11-9-22(31)32/h5-8,12,16-17H,9-11,13-15H2,1-4H3,(H,26,33)(H,31,32). The SMILES string of the molecule is COCCN(CCC(=O)O)c1ccn2ncc(-c3cccc(OCCNC(=O)OC(C)(C)C)c3)c2n1. The number of aromatic nitrogens is 3. The number of hydrogen-bond donors (Lipinski definition) is 2. The van der Waals surface area contributed by atoms with E-state index in [0.29, 0.717) is 43.5 Å². The number of amides is 1. The Morgan fingerprint density at radius 2 is 1.97 bits per heavy atom. The van der Waals surface area contributed by atoms with Crippen LogP contribution in [0.15, 0.2) is 42.7 Å². The van der Waals surface area contributed by atoms with Crippen molar-refractivity contribution in [1.82, 2.24) is 19.9 Å². The maximum absolute atomic E-state index is 11.8. The summed E-state index contributed by atoms with van der Waals surface area (Å²) in [4.78, 5) is 29.5. The van der Waals surface area contributed by atoms with E-state index in [2.05, 4.69) is 10.4 Å². The maximum Gasteiger partial charge on any atom is 0.407 e. The first kappa shape index (κ1) is 26.7. The number of ether oxygens (including phenoxy) is 3. The van der Waals surface area contributed by atoms with Gasteiger partial charge in [-0.05, 0) is 44.5 Å². The molecule has 0 saturated carbocycles. The summed E-state index contributed by atoms with van der Waals surface area (Å²) in [6.45, 7) is 7.26. The molecule has 2 aromatic heterocycles. The Hall–Kier alpha value is -3.86. The summed E-state index contributed by atoms with van der Waals surface area (Å²) < 4.78 is 17.9. The van der Waals surface area contributed by atoms with E-state index >= 15 is 0 Å². The molecular formula is C25H33N5O6. The van der Waals surface area contributed by atoms with Crippen molar-refractivity contribution in [3.8, 4) is 16.9 Å². The number of fused-ring (bicyclic) bond motifs is 1. The van der Waals surface area contributed by atoms with Crippen molar-refractivity contribution in [1.29, 1.82) is 0 Å². The maximum atomic E-state index is 11.8. The van der Waals surface area contributed by atoms with Crippen LogP contribution in [0.2, 0.25) is 0 Å². The van der Waals surface area contributed by atoms with Gasteiger partial charge in [-0.1, -0.05) is 12.1 Å². The number of alkyl carbamates (subject to hydrolysis) is 1. The molecule has 0 radical (unpaired) electrons. The number of carbonyl (C=O) groups is 2. The number of carbonyl (C=O) groups excluding carboxylic acids is 1. The lowest BCUT2D eigenvalue weighted by Crippen LogP contribution is -2.34. The third kappa shape index (κ3) is 7.84. The zero-order valence-electron chi connectivity index (χ0n) is 21.1. The first-order valence-electron chi connectivity index (χ1n) is 11.7. The second-order valence-corrected chi connectivity index (χ2v) is 9.04. The van der Waals surface area contributed by atoms with E-state index in [1.54, 1.807) is 50.9 Å². The molecule has 0 aliphatic carbocycles. The number of hydrogen-bond acceptors (Lipinski definition) is 8. The van der Waals surface area contributed by atoms with Crippen LogP contribution in [0.5, 0.6) is 5.75 Å². The van der Waals surface area contributed by atoms with Gasteiger partial charge in [-0.15, -0.1) is 0 Å². The van der Waals surface area contributed by atoms with E-state index < -0.39 is 17.7 Å². The Labute approximate surface area is 210 Å². The molecule has 1 aromatic carbocycles. The lowest BCUT2D eigenvalue weighted by Gasteiger charge is -2.22. The van der Waals surface area contributed by atoms with Gasteiger partial charge in [0.05, 0.1) is 25.8 Å². The predicted molar refractivity (Wildman–Crippen MR) is 134 cm³/mol. The zero-order chi connectivity index (χ0) is 26.1. The molecule has 0 spiro atoms. The molecule has 0 unspecified atom stereocenters. The highest BCUT2D eigenvalue weighted by Crippen LogP contribution is 2.28. The third-order valence-corrected chi connectivity index (χ3v) is 5.02. The van der Waals surface area contributed by atoms with Crippen LogP contribution in [0.1, 0.15) is 27.2 Å². The molecule has 0 aliphatic rings. The van der Waals surface area contributed by atoms with Crippen LogP contribution in [0.3, 0.4) is 0 Å². The van der Waals surface area contributed by atoms with E-state index in [9.17, 15) is 9.59 Å². The minimum atomic E-state index is -0.873. The highest BCUT2D eigenvalue weighted by atomic mass is 16.6. The predicted octanol–water partition coefficient (Wildman–Crippen LogP) is 3.23. The number of nitrogens with one attached hydrogen (secondary N) is 1. The molecule has 194 valence electrons. The van der Waals surface area contributed by atoms with Crippen LogP contribution < -0.4 is 15.0 Å². The number of methoxy groups -OCH3 is 1. The van der Waals surface area contributed by atoms with Gasteiger partial charge in [-0.3, -0.25) is 4.79 Å². The van der Waals surface area contributed by atoms with E-state index in [0.717, 1.165) is 11.1 Å². The monoisotopic (exact) mass is 499 g/mol. The lowest BCUT2D eigenvalue weighted by atomic mass is 10.1. The van der Waals surface area contributed by atoms with E-state index in [1.165, 1.54) is 0 Å². The fourth-order valence-corrected chi connectivity index (χ4v) is 3.40. The van der Waals surface area contributed by atoms with Crippen LogP contribution in [0, 0.1) is 0 Å². The Bertz CT molecular complexity index is 1170. The Morgan fingerprint density at radius 1 is 1.17 bits per heavy atom. The number of benzene rings is 1. The number of rotatable bonds is 12. The van der Waals surface area contributed by atoms with Crippen molar-refractivity contribution in [2.24, 2.45) is 0 Å². The first-order chi connectivity index (χ1) is 17.2. The van der Waals surface area contributed by atoms with Crippen LogP contribution in [0.4, 0.5) is 10.6 Å². The molecule has 0 aliphatic heterocycles. The third-order valence-electron chi connectivity index (χ3n) is 5.02. The summed E-state index contributed by atoms with van der Waals surface area (Å²) in [5.74, 6) is 0.405. The quantitative estimate of drug-likeness (QED) is 0.361. The van der Waals surface area contributed by atoms with Gasteiger partial charge in [-0.2, -0.15) is 5.10 Å². The van der Waals surface area contributed by atoms with Gasteiger partial charge >= 0.3 is 12.1 Å². The molecule has 11 heteroatoms. The average Bonchev–Trinajstić information content (AvgIpc) is 3.24. The van der Waals surface area contributed by atoms with Crippen molar-refractivity contribution >= 4 is 23.5 Å². The molecule has 0 atom stereocenters. The number of carboxylic acid groups (broad SMARTS) is 1. The molecule has 3 aromatic rings. The second kappa shape index (κ2) is 12.2. The van der Waals surface area contributed by atoms with Gasteiger partial charge in [0, 0.05) is 32.0 Å². The molecule has 3 rings (SSSR count). The summed E-state index contributed by atoms with van der Waals surface area (Å²) in [7, 11) is 1.60. The number of aliphatic carboxylic acids is 1. The van der Waals surface area contributed by atoms with Gasteiger partial charge in [0.25, 0.3) is 0 Å². The summed E-state index contributed by atoms with van der Waals surface area (Å²) in [5.41, 5.74) is 1.74. The van der Waals surface area contributed by atoms with Crippen LogP contribution in [-0.4, -0.2) is 77.3 Å². The van der Waals surface area contributed by atoms with Gasteiger partial charge in [0.1, 0.15) is 23.8 Å². The first-order valence-corrected chi connectivity index (χ1v) is 11.7. The minimum absolute atomic E-state index is 0.00907. The molecule has 0 bridgehead atoms. The number of carboxylic acids is 1. The molecule has 0 saturated heterocycles. The normalized spacial score (nSPS) is 11.3. The van der Waals surface area contributed by atoms with E-state index in [1.807, 2.05) is 29.2 Å². The van der Waals surface area contributed by atoms with E-state index in [-0.39, 0.29) is 13.0 Å². The minimum Gasteiger partial charge on any atom is -0.492 e. The van der Waals surface area contributed by atoms with Gasteiger partial charge in [-0.25, -0.2) is 14.3 Å². The van der Waals surface area contributed by atoms with Crippen molar-refractivity contribution < 1.29 is 28.9 Å². The zero-order valence-corrected chi connectivity index (χ0v) is 21.1. The molecule has 0 fully saturated rings. The van der Waals surface area contributed by atoms with Gasteiger partial charge < -0.3 is 29.5 Å². The van der Waals surface area contributed by atoms with Crippen LogP contribution in [-0.2, 0) is 14.3 Å². The van der Waals surface area contributed by atoms with Crippen LogP contribution in [0.25, 0.3) is 16.8 Å². The second-order valence-electron chi connectivity index (χ2n) is 9.04. The van der Waals surface area contributed by atoms with Gasteiger partial charge in [0.2, 0.25) is 0 Å². The van der Waals surface area contributed by atoms with Crippen molar-refractivity contribution in [2.75, 3.05) is 44.9 Å². The Balaban J connectivity index is 1.72. The molecule has 2 heterocycles. The smallest absolute Gasteiger partial charge is 0.407 e. The fourth-order valence-electron chi connectivity index (χ4n) is 3.40. The molecule has 36 heavy (non-hydrogen) atoms. The summed E-state index contributed by atoms with van der Waals surface area (Å²) >= 11 is 0. The Morgan fingerprint density at radius 3 is 2.69 bits per heavy atom. The lowest BCUT2D eigenvalue weighted by molar-refractivity contribution is -0.136. The van der Waals surface area contributed by atoms with Crippen molar-refractivity contribution in [3.05, 3.63) is 42.7 Å². The van der Waals surface area contributed by atoms with Gasteiger partial charge in [0.15, 0.2) is 5.65 Å². The molecule has 2 N–H and O–H groups in total. The highest BCUT2D eigenvalue weighted by molar-refractivity contribution is 5.78. The number of anilines is 1. The number of nitrogens with zero attached hydrogens (tertiary/aromatic N) is 4. The highest BCUT2D eigenvalue weighted by Gasteiger charge is 2.16. The summed E-state index contributed by atoms with van der Waals surface area (Å²) in [6, 6.07) is 9.33. The summed E-state index contributed by atoms with van der Waals surface area (Å²) in [5, 5.41) is 16.2. The van der Waals surface area contributed by atoms with E-state index in [4.69, 9.17) is 24.3 Å². The van der Waals surface area contributed by atoms with Crippen molar-refractivity contribution in [2.45, 2.75) is 32.8 Å².